The van der Waals surface area contributed by atoms with Crippen LogP contribution in [0, 0.1) is 0 Å². The van der Waals surface area contributed by atoms with Gasteiger partial charge in [0.05, 0.1) is 0 Å². The predicted octanol–water partition coefficient (Wildman–Crippen LogP) is 1.87. The molecule has 5 rings (SSSR count). The van der Waals surface area contributed by atoms with Gasteiger partial charge in [0.1, 0.15) is 23.2 Å². The number of ether oxygens (including phenoxy) is 1. The number of nitrogens with zero attached hydrogens (tertiary/aromatic N) is 4. The Morgan fingerprint density at radius 1 is 1.24 bits per heavy atom. The van der Waals surface area contributed by atoms with Gasteiger partial charge >= 0.3 is 5.97 Å². The van der Waals surface area contributed by atoms with E-state index in [0.717, 1.165) is 0 Å². The SMILES string of the molecule is CC1(C)SC2C(NC(=O)C(C(=O)Oc3ccccc3)c3ccsc3)C(=O)N2C1c1nnn[nH]1. The number of hydrogen-bond donors (Lipinski definition) is 2. The van der Waals surface area contributed by atoms with E-state index in [2.05, 4.69) is 25.9 Å². The Morgan fingerprint density at radius 2 is 2.03 bits per heavy atom. The summed E-state index contributed by atoms with van der Waals surface area (Å²) in [5.74, 6) is -1.87. The highest BCUT2D eigenvalue weighted by molar-refractivity contribution is 8.01. The smallest absolute Gasteiger partial charge is 0.328 e. The van der Waals surface area contributed by atoms with Gasteiger partial charge in [0.15, 0.2) is 11.7 Å². The van der Waals surface area contributed by atoms with Crippen molar-refractivity contribution < 1.29 is 19.1 Å². The number of rotatable bonds is 6. The number of carbonyl (C=O) groups is 3. The standard InChI is InChI=1S/C21H20N6O4S2/c1-21(2)15(16-23-25-26-24-16)27-18(29)14(19(27)33-21)22-17(28)13(11-8-9-32-10-11)20(30)31-12-6-4-3-5-7-12/h3-10,13-15,19H,1-2H3,(H,22,28)(H,23,24,25,26). The first kappa shape index (κ1) is 21.6. The van der Waals surface area contributed by atoms with Crippen LogP contribution in [0.5, 0.6) is 5.75 Å². The number of thioether (sulfide) groups is 1. The molecule has 2 saturated heterocycles. The van der Waals surface area contributed by atoms with Crippen molar-refractivity contribution in [1.82, 2.24) is 30.8 Å². The Morgan fingerprint density at radius 3 is 2.70 bits per heavy atom. The molecule has 0 spiro atoms. The average Bonchev–Trinajstić information content (AvgIpc) is 3.53. The molecule has 10 nitrogen and oxygen atoms in total. The summed E-state index contributed by atoms with van der Waals surface area (Å²) in [6.45, 7) is 4.00. The number of carbonyl (C=O) groups excluding carboxylic acids is 3. The van der Waals surface area contributed by atoms with Crippen LogP contribution in [0.15, 0.2) is 47.2 Å². The third-order valence-electron chi connectivity index (χ3n) is 5.70. The third-order valence-corrected chi connectivity index (χ3v) is 7.97. The Labute approximate surface area is 197 Å². The van der Waals surface area contributed by atoms with Gasteiger partial charge < -0.3 is 15.0 Å². The van der Waals surface area contributed by atoms with Crippen LogP contribution in [0.4, 0.5) is 0 Å². The van der Waals surface area contributed by atoms with Gasteiger partial charge in [-0.2, -0.15) is 11.3 Å². The van der Waals surface area contributed by atoms with Crippen LogP contribution in [0.25, 0.3) is 0 Å². The van der Waals surface area contributed by atoms with Crippen molar-refractivity contribution >= 4 is 40.9 Å². The highest BCUT2D eigenvalue weighted by Crippen LogP contribution is 2.56. The van der Waals surface area contributed by atoms with Crippen molar-refractivity contribution in [3.63, 3.8) is 0 Å². The van der Waals surface area contributed by atoms with Gasteiger partial charge in [-0.05, 0) is 58.8 Å². The second-order valence-corrected chi connectivity index (χ2v) is 10.8. The van der Waals surface area contributed by atoms with Gasteiger partial charge in [-0.1, -0.05) is 18.2 Å². The minimum absolute atomic E-state index is 0.242. The molecule has 2 aliphatic rings. The molecule has 0 saturated carbocycles. The van der Waals surface area contributed by atoms with E-state index in [9.17, 15) is 14.4 Å². The highest BCUT2D eigenvalue weighted by Gasteiger charge is 2.63. The molecular formula is C21H20N6O4S2. The first-order valence-corrected chi connectivity index (χ1v) is 12.0. The van der Waals surface area contributed by atoms with Crippen LogP contribution in [-0.2, 0) is 14.4 Å². The van der Waals surface area contributed by atoms with Gasteiger partial charge in [0.2, 0.25) is 11.8 Å². The Bertz CT molecular complexity index is 1170. The molecule has 12 heteroatoms. The fraction of sp³-hybridized carbons (Fsp3) is 0.333. The van der Waals surface area contributed by atoms with E-state index in [1.807, 2.05) is 13.8 Å². The second-order valence-electron chi connectivity index (χ2n) is 8.26. The molecule has 2 N–H and O–H groups in total. The first-order valence-electron chi connectivity index (χ1n) is 10.2. The number of thiophene rings is 1. The summed E-state index contributed by atoms with van der Waals surface area (Å²) in [7, 11) is 0. The normalized spacial score (nSPS) is 24.0. The molecule has 4 heterocycles. The molecule has 2 amide bonds. The lowest BCUT2D eigenvalue weighted by Crippen LogP contribution is -2.68. The van der Waals surface area contributed by atoms with E-state index in [0.29, 0.717) is 17.1 Å². The quantitative estimate of drug-likeness (QED) is 0.235. The fourth-order valence-corrected chi connectivity index (χ4v) is 6.53. The van der Waals surface area contributed by atoms with Gasteiger partial charge in [0.25, 0.3) is 0 Å². The molecule has 2 aromatic heterocycles. The lowest BCUT2D eigenvalue weighted by Gasteiger charge is -2.44. The highest BCUT2D eigenvalue weighted by atomic mass is 32.2. The summed E-state index contributed by atoms with van der Waals surface area (Å²) in [5.41, 5.74) is 0.520. The molecule has 2 fully saturated rings. The molecule has 3 aromatic rings. The van der Waals surface area contributed by atoms with E-state index in [4.69, 9.17) is 4.74 Å². The van der Waals surface area contributed by atoms with Crippen LogP contribution in [-0.4, -0.2) is 59.5 Å². The van der Waals surface area contributed by atoms with E-state index in [1.54, 1.807) is 63.8 Å². The number of tetrazole rings is 1. The summed E-state index contributed by atoms with van der Waals surface area (Å²) in [4.78, 5) is 40.9. The molecule has 4 unspecified atom stereocenters. The van der Waals surface area contributed by atoms with Crippen LogP contribution < -0.4 is 10.1 Å². The number of nitrogens with one attached hydrogen (secondary N) is 2. The summed E-state index contributed by atoms with van der Waals surface area (Å²) in [6.07, 6.45) is 0. The monoisotopic (exact) mass is 484 g/mol. The zero-order valence-electron chi connectivity index (χ0n) is 17.7. The van der Waals surface area contributed by atoms with E-state index in [1.165, 1.54) is 11.3 Å². The average molecular weight is 485 g/mol. The summed E-state index contributed by atoms with van der Waals surface area (Å²) in [5, 5.41) is 20.0. The lowest BCUT2D eigenvalue weighted by molar-refractivity contribution is -0.153. The molecule has 2 aliphatic heterocycles. The second kappa shape index (κ2) is 8.27. The number of aromatic amines is 1. The van der Waals surface area contributed by atoms with Crippen molar-refractivity contribution in [3.8, 4) is 5.75 Å². The largest absolute Gasteiger partial charge is 0.426 e. The van der Waals surface area contributed by atoms with Gasteiger partial charge in [-0.15, -0.1) is 16.9 Å². The molecule has 170 valence electrons. The summed E-state index contributed by atoms with van der Waals surface area (Å²) < 4.78 is 5.07. The van der Waals surface area contributed by atoms with Crippen LogP contribution >= 0.6 is 23.1 Å². The van der Waals surface area contributed by atoms with Gasteiger partial charge in [0, 0.05) is 4.75 Å². The van der Waals surface area contributed by atoms with E-state index < -0.39 is 23.8 Å². The number of fused-ring (bicyclic) bond motifs is 1. The maximum atomic E-state index is 13.3. The first-order chi connectivity index (χ1) is 15.9. The van der Waals surface area contributed by atoms with Gasteiger partial charge in [-0.3, -0.25) is 14.4 Å². The number of H-pyrrole nitrogens is 1. The predicted molar refractivity (Wildman–Crippen MR) is 120 cm³/mol. The maximum Gasteiger partial charge on any atom is 0.328 e. The van der Waals surface area contributed by atoms with Crippen LogP contribution in [0.2, 0.25) is 0 Å². The van der Waals surface area contributed by atoms with Crippen LogP contribution in [0.1, 0.15) is 37.2 Å². The Kier molecular flexibility index (Phi) is 5.41. The molecule has 0 radical (unpaired) electrons. The van der Waals surface area contributed by atoms with Crippen LogP contribution in [0.3, 0.4) is 0 Å². The topological polar surface area (TPSA) is 130 Å². The maximum absolute atomic E-state index is 13.3. The molecular weight excluding hydrogens is 464 g/mol. The Balaban J connectivity index is 1.34. The van der Waals surface area contributed by atoms with E-state index >= 15 is 0 Å². The van der Waals surface area contributed by atoms with Crippen molar-refractivity contribution in [2.75, 3.05) is 0 Å². The zero-order chi connectivity index (χ0) is 23.2. The number of β-lactam (4-membered cyclic amide) rings is 1. The van der Waals surface area contributed by atoms with Crippen molar-refractivity contribution in [2.45, 2.75) is 42.0 Å². The third kappa shape index (κ3) is 3.78. The lowest BCUT2D eigenvalue weighted by atomic mass is 9.94. The number of esters is 1. The minimum Gasteiger partial charge on any atom is -0.426 e. The van der Waals surface area contributed by atoms with E-state index in [-0.39, 0.29) is 22.1 Å². The number of benzene rings is 1. The van der Waals surface area contributed by atoms with Crippen molar-refractivity contribution in [2.24, 2.45) is 0 Å². The molecule has 4 atom stereocenters. The zero-order valence-corrected chi connectivity index (χ0v) is 19.3. The summed E-state index contributed by atoms with van der Waals surface area (Å²) in [6, 6.07) is 9.17. The molecule has 33 heavy (non-hydrogen) atoms. The Hall–Kier alpha value is -3.25. The molecule has 0 aliphatic carbocycles. The number of amides is 2. The van der Waals surface area contributed by atoms with Gasteiger partial charge in [-0.25, -0.2) is 5.10 Å². The van der Waals surface area contributed by atoms with Crippen molar-refractivity contribution in [1.29, 1.82) is 0 Å². The fourth-order valence-electron chi connectivity index (χ4n) is 4.21. The molecule has 1 aromatic carbocycles. The summed E-state index contributed by atoms with van der Waals surface area (Å²) >= 11 is 2.93. The van der Waals surface area contributed by atoms with Crippen molar-refractivity contribution in [3.05, 3.63) is 58.5 Å². The number of para-hydroxylation sites is 1. The number of aromatic nitrogens is 4. The molecule has 0 bridgehead atoms. The number of hydrogen-bond acceptors (Lipinski definition) is 9. The minimum atomic E-state index is -1.19.